The van der Waals surface area contributed by atoms with Gasteiger partial charge in [-0.2, -0.15) is 17.6 Å². The first-order chi connectivity index (χ1) is 11.3. The first-order valence-corrected chi connectivity index (χ1v) is 8.04. The summed E-state index contributed by atoms with van der Waals surface area (Å²) in [5.74, 6) is -7.01. The highest BCUT2D eigenvalue weighted by Crippen LogP contribution is 2.40. The lowest BCUT2D eigenvalue weighted by Gasteiger charge is -2.28. The van der Waals surface area contributed by atoms with E-state index in [9.17, 15) is 40.1 Å². The minimum atomic E-state index is -6.57. The second-order valence-corrected chi connectivity index (χ2v) is 6.35. The lowest BCUT2D eigenvalue weighted by molar-refractivity contribution is -0.171. The largest absolute Gasteiger partial charge is 0.743 e. The minimum Gasteiger partial charge on any atom is -0.743 e. The van der Waals surface area contributed by atoms with E-state index in [4.69, 9.17) is 4.74 Å². The van der Waals surface area contributed by atoms with Gasteiger partial charge >= 0.3 is 23.1 Å². The molecule has 8 nitrogen and oxygen atoms in total. The Kier molecular flexibility index (Phi) is 6.53. The average molecular weight is 393 g/mol. The molecule has 0 bridgehead atoms. The van der Waals surface area contributed by atoms with Crippen molar-refractivity contribution in [1.82, 2.24) is 0 Å². The Labute approximate surface area is 139 Å². The predicted molar refractivity (Wildman–Crippen MR) is 69.6 cm³/mol. The molecule has 144 valence electrons. The molecule has 1 aliphatic rings. The van der Waals surface area contributed by atoms with Crippen LogP contribution in [-0.4, -0.2) is 62.0 Å². The Morgan fingerprint density at radius 1 is 1.36 bits per heavy atom. The number of alkyl halides is 4. The smallest absolute Gasteiger partial charge is 0.396 e. The van der Waals surface area contributed by atoms with Crippen molar-refractivity contribution in [3.8, 4) is 0 Å². The number of esters is 2. The van der Waals surface area contributed by atoms with Crippen molar-refractivity contribution in [1.29, 1.82) is 0 Å². The van der Waals surface area contributed by atoms with Crippen LogP contribution in [0.4, 0.5) is 17.6 Å². The summed E-state index contributed by atoms with van der Waals surface area (Å²) in [5.41, 5.74) is -0.397. The van der Waals surface area contributed by atoms with E-state index in [2.05, 4.69) is 16.1 Å². The van der Waals surface area contributed by atoms with Gasteiger partial charge in [0.25, 0.3) is 0 Å². The molecule has 1 fully saturated rings. The molecule has 13 heteroatoms. The van der Waals surface area contributed by atoms with Crippen LogP contribution < -0.4 is 0 Å². The number of carbonyl (C=O) groups excluding carboxylic acids is 2. The Balaban J connectivity index is 2.43. The molecule has 25 heavy (non-hydrogen) atoms. The maximum atomic E-state index is 13.1. The summed E-state index contributed by atoms with van der Waals surface area (Å²) in [4.78, 5) is 22.6. The zero-order valence-corrected chi connectivity index (χ0v) is 13.3. The van der Waals surface area contributed by atoms with Crippen LogP contribution in [0.3, 0.4) is 0 Å². The molecule has 0 saturated carbocycles. The number of halogens is 4. The quantitative estimate of drug-likeness (QED) is 0.183. The molecule has 0 N–H and O–H groups in total. The van der Waals surface area contributed by atoms with Crippen molar-refractivity contribution in [2.75, 3.05) is 19.8 Å². The fourth-order valence-electron chi connectivity index (χ4n) is 1.58. The van der Waals surface area contributed by atoms with E-state index in [1.54, 1.807) is 0 Å². The van der Waals surface area contributed by atoms with E-state index in [0.29, 0.717) is 0 Å². The lowest BCUT2D eigenvalue weighted by atomic mass is 10.2. The molecule has 0 aromatic rings. The highest BCUT2D eigenvalue weighted by atomic mass is 32.2. The zero-order chi connectivity index (χ0) is 19.5. The number of cyclic esters (lactones) is 1. The third-order valence-electron chi connectivity index (χ3n) is 3.00. The van der Waals surface area contributed by atoms with Gasteiger partial charge in [-0.1, -0.05) is 6.58 Å². The molecule has 0 aromatic heterocycles. The Morgan fingerprint density at radius 2 is 1.96 bits per heavy atom. The van der Waals surface area contributed by atoms with Crippen LogP contribution in [0.5, 0.6) is 0 Å². The zero-order valence-electron chi connectivity index (χ0n) is 12.5. The molecule has 0 amide bonds. The molecule has 0 radical (unpaired) electrons. The highest BCUT2D eigenvalue weighted by Gasteiger charge is 2.61. The van der Waals surface area contributed by atoms with Gasteiger partial charge in [-0.25, -0.2) is 18.0 Å². The van der Waals surface area contributed by atoms with Crippen LogP contribution in [0.1, 0.15) is 12.8 Å². The number of hydrogen-bond acceptors (Lipinski definition) is 8. The van der Waals surface area contributed by atoms with Crippen molar-refractivity contribution in [2.24, 2.45) is 0 Å². The van der Waals surface area contributed by atoms with Crippen molar-refractivity contribution >= 4 is 22.1 Å². The summed E-state index contributed by atoms with van der Waals surface area (Å²) >= 11 is 0. The van der Waals surface area contributed by atoms with Crippen LogP contribution in [0.15, 0.2) is 12.2 Å². The first kappa shape index (κ1) is 21.3. The lowest BCUT2D eigenvalue weighted by Crippen LogP contribution is -2.47. The molecule has 1 heterocycles. The summed E-state index contributed by atoms with van der Waals surface area (Å²) in [7, 11) is -6.57. The van der Waals surface area contributed by atoms with E-state index in [0.717, 1.165) is 0 Å². The van der Waals surface area contributed by atoms with E-state index >= 15 is 0 Å². The van der Waals surface area contributed by atoms with Crippen molar-refractivity contribution < 1.29 is 54.3 Å². The van der Waals surface area contributed by atoms with Gasteiger partial charge in [0.1, 0.15) is 0 Å². The van der Waals surface area contributed by atoms with Gasteiger partial charge in [-0.3, -0.25) is 0 Å². The van der Waals surface area contributed by atoms with Crippen LogP contribution >= 0.6 is 0 Å². The SMILES string of the molecule is C=C(COCCC(F)(F)C(F)(F)S(=O)(=O)[O-])C(=O)OC1CCOC1=O. The van der Waals surface area contributed by atoms with Gasteiger partial charge in [0.2, 0.25) is 6.10 Å². The molecule has 1 aliphatic heterocycles. The molecule has 1 atom stereocenters. The van der Waals surface area contributed by atoms with Crippen LogP contribution in [0, 0.1) is 0 Å². The summed E-state index contributed by atoms with van der Waals surface area (Å²) < 4.78 is 96.2. The number of hydrogen-bond donors (Lipinski definition) is 0. The standard InChI is InChI=1S/C12H14F4O8S/c1-7(9(17)24-8-2-4-23-10(8)18)6-22-5-3-11(13,14)12(15,16)25(19,20)21/h8H,1-6H2,(H,19,20,21)/p-1. The van der Waals surface area contributed by atoms with E-state index < -0.39 is 64.5 Å². The van der Waals surface area contributed by atoms with E-state index in [1.807, 2.05) is 0 Å². The Hall–Kier alpha value is -1.73. The Morgan fingerprint density at radius 3 is 2.44 bits per heavy atom. The van der Waals surface area contributed by atoms with Crippen molar-refractivity contribution in [3.05, 3.63) is 12.2 Å². The Bertz CT molecular complexity index is 646. The fraction of sp³-hybridized carbons (Fsp3) is 0.667. The molecule has 1 rings (SSSR count). The van der Waals surface area contributed by atoms with Gasteiger partial charge in [0.05, 0.1) is 25.4 Å². The van der Waals surface area contributed by atoms with Crippen LogP contribution in [0.2, 0.25) is 0 Å². The van der Waals surface area contributed by atoms with Gasteiger partial charge in [-0.05, 0) is 0 Å². The summed E-state index contributed by atoms with van der Waals surface area (Å²) in [6.45, 7) is 1.47. The van der Waals surface area contributed by atoms with Gasteiger partial charge in [0.15, 0.2) is 10.1 Å². The molecular weight excluding hydrogens is 380 g/mol. The van der Waals surface area contributed by atoms with E-state index in [-0.39, 0.29) is 13.0 Å². The second-order valence-electron chi connectivity index (χ2n) is 4.93. The van der Waals surface area contributed by atoms with Crippen LogP contribution in [-0.2, 0) is 33.9 Å². The summed E-state index contributed by atoms with van der Waals surface area (Å²) in [6.07, 6.45) is -2.79. The molecule has 0 spiro atoms. The number of carbonyl (C=O) groups is 2. The molecule has 1 unspecified atom stereocenters. The maximum Gasteiger partial charge on any atom is 0.396 e. The fourth-order valence-corrected chi connectivity index (χ4v) is 2.05. The molecule has 0 aromatic carbocycles. The van der Waals surface area contributed by atoms with Crippen LogP contribution in [0.25, 0.3) is 0 Å². The van der Waals surface area contributed by atoms with Crippen molar-refractivity contribution in [3.63, 3.8) is 0 Å². The summed E-state index contributed by atoms with van der Waals surface area (Å²) in [6, 6.07) is 0. The van der Waals surface area contributed by atoms with Gasteiger partial charge in [-0.15, -0.1) is 0 Å². The third-order valence-corrected chi connectivity index (χ3v) is 3.93. The molecular formula is C12H13F4O8S-. The summed E-state index contributed by atoms with van der Waals surface area (Å²) in [5, 5.41) is -5.80. The predicted octanol–water partition coefficient (Wildman–Crippen LogP) is 0.581. The number of rotatable bonds is 9. The third kappa shape index (κ3) is 5.12. The monoisotopic (exact) mass is 393 g/mol. The van der Waals surface area contributed by atoms with E-state index in [1.165, 1.54) is 0 Å². The average Bonchev–Trinajstić information content (AvgIpc) is 2.87. The molecule has 0 aliphatic carbocycles. The highest BCUT2D eigenvalue weighted by molar-refractivity contribution is 7.86. The van der Waals surface area contributed by atoms with Crippen molar-refractivity contribution in [2.45, 2.75) is 30.1 Å². The number of ether oxygens (including phenoxy) is 3. The maximum absolute atomic E-state index is 13.1. The van der Waals surface area contributed by atoms with Gasteiger partial charge in [0, 0.05) is 12.8 Å². The van der Waals surface area contributed by atoms with Gasteiger partial charge < -0.3 is 18.8 Å². The first-order valence-electron chi connectivity index (χ1n) is 6.64. The molecule has 1 saturated heterocycles. The minimum absolute atomic E-state index is 0.0612. The normalized spacial score (nSPS) is 18.8. The topological polar surface area (TPSA) is 119 Å². The second kappa shape index (κ2) is 7.66.